The van der Waals surface area contributed by atoms with Crippen LogP contribution in [0.4, 0.5) is 4.39 Å². The van der Waals surface area contributed by atoms with Crippen molar-refractivity contribution in [1.82, 2.24) is 9.80 Å². The van der Waals surface area contributed by atoms with E-state index in [1.54, 1.807) is 12.1 Å². The number of hydrogen-bond donors (Lipinski definition) is 0. The largest absolute Gasteiger partial charge is 0.494 e. The lowest BCUT2D eigenvalue weighted by molar-refractivity contribution is 0.224. The fourth-order valence-electron chi connectivity index (χ4n) is 4.93. The van der Waals surface area contributed by atoms with E-state index in [9.17, 15) is 4.39 Å². The van der Waals surface area contributed by atoms with Crippen LogP contribution in [0.2, 0.25) is 0 Å². The molecule has 0 spiro atoms. The van der Waals surface area contributed by atoms with Gasteiger partial charge in [-0.05, 0) is 54.6 Å². The molecule has 0 bridgehead atoms. The van der Waals surface area contributed by atoms with Gasteiger partial charge in [-0.25, -0.2) is 4.39 Å². The minimum absolute atomic E-state index is 0.276. The van der Waals surface area contributed by atoms with Crippen LogP contribution in [-0.4, -0.2) is 43.6 Å². The Morgan fingerprint density at radius 2 is 1.92 bits per heavy atom. The number of likely N-dealkylation sites (tertiary alicyclic amines) is 2. The second-order valence-corrected chi connectivity index (χ2v) is 7.83. The quantitative estimate of drug-likeness (QED) is 0.829. The van der Waals surface area contributed by atoms with E-state index in [-0.39, 0.29) is 5.82 Å². The lowest BCUT2D eigenvalue weighted by Gasteiger charge is -2.28. The average molecular weight is 354 g/mol. The second kappa shape index (κ2) is 7.01. The second-order valence-electron chi connectivity index (χ2n) is 7.83. The highest BCUT2D eigenvalue weighted by Crippen LogP contribution is 2.45. The standard InChI is InChI=1S/C22H27FN2O/c1-15-6-4-5-7-18(15)22-19-14-25(13-17(19)12-24(22)2)11-16-8-9-21(26-3)20(23)10-16/h4-10,17,19,22H,11-14H2,1-3H3/t17-,19+,22+/m0/s1. The molecule has 2 aromatic carbocycles. The molecule has 0 aliphatic carbocycles. The summed E-state index contributed by atoms with van der Waals surface area (Å²) in [4.78, 5) is 5.00. The summed E-state index contributed by atoms with van der Waals surface area (Å²) in [6.07, 6.45) is 0. The van der Waals surface area contributed by atoms with Crippen molar-refractivity contribution < 1.29 is 9.13 Å². The van der Waals surface area contributed by atoms with Crippen molar-refractivity contribution in [1.29, 1.82) is 0 Å². The number of halogens is 1. The number of aryl methyl sites for hydroxylation is 1. The predicted molar refractivity (Wildman–Crippen MR) is 102 cm³/mol. The summed E-state index contributed by atoms with van der Waals surface area (Å²) in [5, 5.41) is 0. The van der Waals surface area contributed by atoms with E-state index >= 15 is 0 Å². The van der Waals surface area contributed by atoms with Gasteiger partial charge in [-0.2, -0.15) is 0 Å². The number of nitrogens with zero attached hydrogens (tertiary/aromatic N) is 2. The maximum atomic E-state index is 14.0. The van der Waals surface area contributed by atoms with Gasteiger partial charge < -0.3 is 4.74 Å². The van der Waals surface area contributed by atoms with Crippen molar-refractivity contribution in [2.75, 3.05) is 33.8 Å². The molecule has 0 aromatic heterocycles. The molecule has 0 amide bonds. The van der Waals surface area contributed by atoms with E-state index in [1.807, 2.05) is 6.07 Å². The Morgan fingerprint density at radius 3 is 2.65 bits per heavy atom. The molecule has 0 saturated carbocycles. The zero-order chi connectivity index (χ0) is 18.3. The SMILES string of the molecule is COc1ccc(CN2C[C@@H]3CN(C)[C@H](c4ccccc4C)[C@@H]3C2)cc1F. The lowest BCUT2D eigenvalue weighted by Crippen LogP contribution is -2.29. The smallest absolute Gasteiger partial charge is 0.165 e. The molecule has 2 aliphatic rings. The Hall–Kier alpha value is -1.91. The molecule has 0 N–H and O–H groups in total. The number of ether oxygens (including phenoxy) is 1. The summed E-state index contributed by atoms with van der Waals surface area (Å²) in [5.41, 5.74) is 3.85. The van der Waals surface area contributed by atoms with E-state index in [0.29, 0.717) is 23.6 Å². The van der Waals surface area contributed by atoms with Crippen molar-refractivity contribution in [2.24, 2.45) is 11.8 Å². The normalized spacial score (nSPS) is 26.2. The van der Waals surface area contributed by atoms with Crippen LogP contribution in [0.25, 0.3) is 0 Å². The van der Waals surface area contributed by atoms with Gasteiger partial charge in [-0.1, -0.05) is 30.3 Å². The van der Waals surface area contributed by atoms with Crippen molar-refractivity contribution in [3.63, 3.8) is 0 Å². The third-order valence-corrected chi connectivity index (χ3v) is 6.10. The molecule has 0 radical (unpaired) electrons. The van der Waals surface area contributed by atoms with Crippen molar-refractivity contribution in [3.8, 4) is 5.75 Å². The topological polar surface area (TPSA) is 15.7 Å². The van der Waals surface area contributed by atoms with E-state index in [0.717, 1.165) is 31.7 Å². The van der Waals surface area contributed by atoms with Crippen molar-refractivity contribution in [3.05, 3.63) is 65.0 Å². The van der Waals surface area contributed by atoms with Crippen molar-refractivity contribution >= 4 is 0 Å². The summed E-state index contributed by atoms with van der Waals surface area (Å²) < 4.78 is 19.0. The molecule has 2 aliphatic heterocycles. The number of fused-ring (bicyclic) bond motifs is 1. The first kappa shape index (κ1) is 17.5. The van der Waals surface area contributed by atoms with Gasteiger partial charge in [0.2, 0.25) is 0 Å². The predicted octanol–water partition coefficient (Wildman–Crippen LogP) is 3.88. The summed E-state index contributed by atoms with van der Waals surface area (Å²) in [6.45, 7) is 6.31. The van der Waals surface area contributed by atoms with Gasteiger partial charge in [0.05, 0.1) is 7.11 Å². The number of rotatable bonds is 4. The first-order valence-electron chi connectivity index (χ1n) is 9.37. The number of methoxy groups -OCH3 is 1. The summed E-state index contributed by atoms with van der Waals surface area (Å²) >= 11 is 0. The summed E-state index contributed by atoms with van der Waals surface area (Å²) in [7, 11) is 3.75. The Labute approximate surface area is 155 Å². The Balaban J connectivity index is 1.49. The van der Waals surface area contributed by atoms with Gasteiger partial charge in [-0.15, -0.1) is 0 Å². The molecule has 4 rings (SSSR count). The van der Waals surface area contributed by atoms with Gasteiger partial charge in [0.25, 0.3) is 0 Å². The molecule has 3 nitrogen and oxygen atoms in total. The van der Waals surface area contributed by atoms with Gasteiger partial charge in [0, 0.05) is 32.2 Å². The maximum absolute atomic E-state index is 14.0. The first-order chi connectivity index (χ1) is 12.6. The zero-order valence-corrected chi connectivity index (χ0v) is 15.8. The van der Waals surface area contributed by atoms with Crippen molar-refractivity contribution in [2.45, 2.75) is 19.5 Å². The van der Waals surface area contributed by atoms with E-state index in [2.05, 4.69) is 48.0 Å². The Kier molecular flexibility index (Phi) is 4.72. The van der Waals surface area contributed by atoms with Crippen LogP contribution in [-0.2, 0) is 6.54 Å². The molecule has 2 fully saturated rings. The fraction of sp³-hybridized carbons (Fsp3) is 0.455. The minimum Gasteiger partial charge on any atom is -0.494 e. The van der Waals surface area contributed by atoms with E-state index in [4.69, 9.17) is 4.74 Å². The van der Waals surface area contributed by atoms with E-state index < -0.39 is 0 Å². The van der Waals surface area contributed by atoms with Gasteiger partial charge >= 0.3 is 0 Å². The average Bonchev–Trinajstić information content (AvgIpc) is 3.12. The molecule has 3 atom stereocenters. The molecular formula is C22H27FN2O. The van der Waals surface area contributed by atoms with Crippen LogP contribution in [0.1, 0.15) is 22.7 Å². The number of benzene rings is 2. The minimum atomic E-state index is -0.276. The summed E-state index contributed by atoms with van der Waals surface area (Å²) in [5.74, 6) is 1.37. The maximum Gasteiger partial charge on any atom is 0.165 e. The highest BCUT2D eigenvalue weighted by Gasteiger charge is 2.46. The first-order valence-corrected chi connectivity index (χ1v) is 9.37. The third-order valence-electron chi connectivity index (χ3n) is 6.10. The van der Waals surface area contributed by atoms with Gasteiger partial charge in [0.15, 0.2) is 11.6 Å². The fourth-order valence-corrected chi connectivity index (χ4v) is 4.93. The third kappa shape index (κ3) is 3.12. The molecule has 2 saturated heterocycles. The van der Waals surface area contributed by atoms with Crippen LogP contribution in [0.15, 0.2) is 42.5 Å². The lowest BCUT2D eigenvalue weighted by atomic mass is 9.88. The van der Waals surface area contributed by atoms with Crippen LogP contribution in [0.3, 0.4) is 0 Å². The zero-order valence-electron chi connectivity index (χ0n) is 15.8. The Morgan fingerprint density at radius 1 is 1.12 bits per heavy atom. The highest BCUT2D eigenvalue weighted by molar-refractivity contribution is 5.32. The molecule has 4 heteroatoms. The van der Waals surface area contributed by atoms with Crippen LogP contribution in [0.5, 0.6) is 5.75 Å². The highest BCUT2D eigenvalue weighted by atomic mass is 19.1. The van der Waals surface area contributed by atoms with E-state index in [1.165, 1.54) is 18.2 Å². The Bertz CT molecular complexity index is 793. The van der Waals surface area contributed by atoms with Gasteiger partial charge in [-0.3, -0.25) is 9.80 Å². The molecule has 2 heterocycles. The van der Waals surface area contributed by atoms with Gasteiger partial charge in [0.1, 0.15) is 0 Å². The summed E-state index contributed by atoms with van der Waals surface area (Å²) in [6, 6.07) is 14.5. The monoisotopic (exact) mass is 354 g/mol. The molecule has 2 aromatic rings. The van der Waals surface area contributed by atoms with Crippen LogP contribution in [0, 0.1) is 24.6 Å². The molecule has 0 unspecified atom stereocenters. The van der Waals surface area contributed by atoms with Crippen LogP contribution < -0.4 is 4.74 Å². The molecule has 26 heavy (non-hydrogen) atoms. The number of hydrogen-bond acceptors (Lipinski definition) is 3. The molecule has 138 valence electrons. The molecular weight excluding hydrogens is 327 g/mol. The van der Waals surface area contributed by atoms with Crippen LogP contribution >= 0.6 is 0 Å².